The second-order valence-electron chi connectivity index (χ2n) is 4.50. The largest absolute Gasteiger partial charge is 0.396 e. The summed E-state index contributed by atoms with van der Waals surface area (Å²) in [6.07, 6.45) is 0.460. The second kappa shape index (κ2) is 4.75. The third-order valence-electron chi connectivity index (χ3n) is 2.37. The van der Waals surface area contributed by atoms with Gasteiger partial charge in [-0.1, -0.05) is 13.8 Å². The number of aliphatic hydroxyl groups is 1. The lowest BCUT2D eigenvalue weighted by Gasteiger charge is -2.30. The molecule has 82 valence electrons. The summed E-state index contributed by atoms with van der Waals surface area (Å²) in [4.78, 5) is 13.4. The van der Waals surface area contributed by atoms with Gasteiger partial charge in [0.25, 0.3) is 0 Å². The summed E-state index contributed by atoms with van der Waals surface area (Å²) in [5, 5.41) is 9.11. The molecular weight excluding hydrogens is 182 g/mol. The highest BCUT2D eigenvalue weighted by Gasteiger charge is 2.25. The fraction of sp³-hybridized carbons (Fsp3) is 0.900. The molecule has 14 heavy (non-hydrogen) atoms. The van der Waals surface area contributed by atoms with Crippen LogP contribution in [0.4, 0.5) is 0 Å². The van der Waals surface area contributed by atoms with Gasteiger partial charge in [0.05, 0.1) is 19.6 Å². The Kier molecular flexibility index (Phi) is 3.89. The standard InChI is InChI=1S/C10H19NO3/c1-10(2,8-12)7-11-4-6-14-5-3-9(11)13/h12H,3-8H2,1-2H3. The Hall–Kier alpha value is -0.610. The lowest BCUT2D eigenvalue weighted by Crippen LogP contribution is -2.40. The van der Waals surface area contributed by atoms with Crippen molar-refractivity contribution < 1.29 is 14.6 Å². The van der Waals surface area contributed by atoms with Crippen LogP contribution in [0.1, 0.15) is 20.3 Å². The van der Waals surface area contributed by atoms with E-state index >= 15 is 0 Å². The van der Waals surface area contributed by atoms with Crippen LogP contribution in [0.15, 0.2) is 0 Å². The number of amides is 1. The number of hydrogen-bond acceptors (Lipinski definition) is 3. The van der Waals surface area contributed by atoms with Gasteiger partial charge in [-0.15, -0.1) is 0 Å². The van der Waals surface area contributed by atoms with Crippen molar-refractivity contribution >= 4 is 5.91 Å². The third kappa shape index (κ3) is 3.27. The van der Waals surface area contributed by atoms with E-state index in [2.05, 4.69) is 0 Å². The van der Waals surface area contributed by atoms with Crippen LogP contribution in [-0.4, -0.2) is 48.8 Å². The zero-order valence-electron chi connectivity index (χ0n) is 8.95. The lowest BCUT2D eigenvalue weighted by molar-refractivity contribution is -0.132. The van der Waals surface area contributed by atoms with Gasteiger partial charge >= 0.3 is 0 Å². The van der Waals surface area contributed by atoms with Crippen molar-refractivity contribution in [2.45, 2.75) is 20.3 Å². The van der Waals surface area contributed by atoms with Gasteiger partial charge < -0.3 is 14.7 Å². The first-order valence-corrected chi connectivity index (χ1v) is 5.01. The molecular formula is C10H19NO3. The summed E-state index contributed by atoms with van der Waals surface area (Å²) in [6, 6.07) is 0. The Morgan fingerprint density at radius 1 is 1.50 bits per heavy atom. The Morgan fingerprint density at radius 3 is 2.86 bits per heavy atom. The average Bonchev–Trinajstić information content (AvgIpc) is 2.32. The number of aliphatic hydroxyl groups excluding tert-OH is 1. The molecule has 1 saturated heterocycles. The highest BCUT2D eigenvalue weighted by atomic mass is 16.5. The van der Waals surface area contributed by atoms with Gasteiger partial charge in [0.1, 0.15) is 0 Å². The molecule has 1 heterocycles. The van der Waals surface area contributed by atoms with Crippen LogP contribution in [0.5, 0.6) is 0 Å². The molecule has 0 bridgehead atoms. The molecule has 1 N–H and O–H groups in total. The molecule has 0 saturated carbocycles. The normalized spacial score (nSPS) is 19.6. The summed E-state index contributed by atoms with van der Waals surface area (Å²) in [5.41, 5.74) is -0.222. The molecule has 0 atom stereocenters. The van der Waals surface area contributed by atoms with Crippen molar-refractivity contribution in [2.24, 2.45) is 5.41 Å². The summed E-state index contributed by atoms with van der Waals surface area (Å²) >= 11 is 0. The Morgan fingerprint density at radius 2 is 2.21 bits per heavy atom. The number of hydrogen-bond donors (Lipinski definition) is 1. The van der Waals surface area contributed by atoms with Crippen LogP contribution in [0.25, 0.3) is 0 Å². The smallest absolute Gasteiger partial charge is 0.224 e. The maximum Gasteiger partial charge on any atom is 0.224 e. The molecule has 1 aliphatic rings. The van der Waals surface area contributed by atoms with Gasteiger partial charge in [-0.05, 0) is 0 Å². The van der Waals surface area contributed by atoms with Crippen molar-refractivity contribution in [3.8, 4) is 0 Å². The number of nitrogens with zero attached hydrogens (tertiary/aromatic N) is 1. The quantitative estimate of drug-likeness (QED) is 0.712. The molecule has 0 unspecified atom stereocenters. The van der Waals surface area contributed by atoms with Gasteiger partial charge in [-0.2, -0.15) is 0 Å². The molecule has 0 aromatic carbocycles. The third-order valence-corrected chi connectivity index (χ3v) is 2.37. The molecule has 0 radical (unpaired) electrons. The van der Waals surface area contributed by atoms with E-state index in [1.165, 1.54) is 0 Å². The molecule has 4 nitrogen and oxygen atoms in total. The number of carbonyl (C=O) groups is 1. The minimum atomic E-state index is -0.222. The van der Waals surface area contributed by atoms with Gasteiger partial charge in [-0.3, -0.25) is 4.79 Å². The molecule has 1 rings (SSSR count). The molecule has 4 heteroatoms. The number of ether oxygens (including phenoxy) is 1. The van der Waals surface area contributed by atoms with Gasteiger partial charge in [0.2, 0.25) is 5.91 Å². The van der Waals surface area contributed by atoms with Crippen LogP contribution in [-0.2, 0) is 9.53 Å². The molecule has 0 spiro atoms. The fourth-order valence-corrected chi connectivity index (χ4v) is 1.45. The Labute approximate surface area is 84.8 Å². The van der Waals surface area contributed by atoms with Gasteiger partial charge in [0.15, 0.2) is 0 Å². The van der Waals surface area contributed by atoms with Gasteiger partial charge in [0, 0.05) is 25.1 Å². The second-order valence-corrected chi connectivity index (χ2v) is 4.50. The molecule has 1 fully saturated rings. The van der Waals surface area contributed by atoms with E-state index in [9.17, 15) is 4.79 Å². The van der Waals surface area contributed by atoms with Crippen LogP contribution >= 0.6 is 0 Å². The van der Waals surface area contributed by atoms with E-state index in [1.54, 1.807) is 4.90 Å². The van der Waals surface area contributed by atoms with Crippen molar-refractivity contribution in [3.63, 3.8) is 0 Å². The molecule has 0 aliphatic carbocycles. The van der Waals surface area contributed by atoms with E-state index in [1.807, 2.05) is 13.8 Å². The van der Waals surface area contributed by atoms with Crippen LogP contribution in [0.3, 0.4) is 0 Å². The SMILES string of the molecule is CC(C)(CO)CN1CCOCCC1=O. The van der Waals surface area contributed by atoms with Crippen molar-refractivity contribution in [3.05, 3.63) is 0 Å². The van der Waals surface area contributed by atoms with E-state index in [-0.39, 0.29) is 17.9 Å². The highest BCUT2D eigenvalue weighted by molar-refractivity contribution is 5.76. The minimum Gasteiger partial charge on any atom is -0.396 e. The minimum absolute atomic E-state index is 0.0949. The first kappa shape index (κ1) is 11.5. The topological polar surface area (TPSA) is 49.8 Å². The van der Waals surface area contributed by atoms with E-state index in [0.717, 1.165) is 0 Å². The molecule has 0 aromatic rings. The Balaban J connectivity index is 2.52. The van der Waals surface area contributed by atoms with Gasteiger partial charge in [-0.25, -0.2) is 0 Å². The Bertz CT molecular complexity index is 204. The zero-order valence-corrected chi connectivity index (χ0v) is 8.95. The maximum atomic E-state index is 11.6. The van der Waals surface area contributed by atoms with Crippen molar-refractivity contribution in [2.75, 3.05) is 32.9 Å². The summed E-state index contributed by atoms with van der Waals surface area (Å²) in [5.74, 6) is 0.129. The first-order valence-electron chi connectivity index (χ1n) is 5.01. The highest BCUT2D eigenvalue weighted by Crippen LogP contribution is 2.17. The summed E-state index contributed by atoms with van der Waals surface area (Å²) in [6.45, 7) is 6.37. The molecule has 0 aromatic heterocycles. The van der Waals surface area contributed by atoms with Crippen LogP contribution in [0, 0.1) is 5.41 Å². The predicted octanol–water partition coefficient (Wildman–Crippen LogP) is 0.254. The molecule has 1 aliphatic heterocycles. The summed E-state index contributed by atoms with van der Waals surface area (Å²) in [7, 11) is 0. The van der Waals surface area contributed by atoms with E-state index < -0.39 is 0 Å². The average molecular weight is 201 g/mol. The lowest BCUT2D eigenvalue weighted by atomic mass is 9.94. The molecule has 1 amide bonds. The first-order chi connectivity index (χ1) is 6.55. The maximum absolute atomic E-state index is 11.6. The van der Waals surface area contributed by atoms with E-state index in [0.29, 0.717) is 32.7 Å². The predicted molar refractivity (Wildman–Crippen MR) is 52.9 cm³/mol. The number of rotatable bonds is 3. The van der Waals surface area contributed by atoms with Crippen molar-refractivity contribution in [1.29, 1.82) is 0 Å². The van der Waals surface area contributed by atoms with Crippen LogP contribution < -0.4 is 0 Å². The van der Waals surface area contributed by atoms with Crippen molar-refractivity contribution in [1.82, 2.24) is 4.90 Å². The monoisotopic (exact) mass is 201 g/mol. The zero-order chi connectivity index (χ0) is 10.6. The fourth-order valence-electron chi connectivity index (χ4n) is 1.45. The van der Waals surface area contributed by atoms with E-state index in [4.69, 9.17) is 9.84 Å². The summed E-state index contributed by atoms with van der Waals surface area (Å²) < 4.78 is 5.22. The number of carbonyl (C=O) groups excluding carboxylic acids is 1. The van der Waals surface area contributed by atoms with Crippen LogP contribution in [0.2, 0.25) is 0 Å².